The maximum Gasteiger partial charge on any atom is 0.191 e. The number of thioether (sulfide) groups is 1. The average molecular weight is 373 g/mol. The van der Waals surface area contributed by atoms with E-state index < -0.39 is 5.60 Å². The molecule has 1 rings (SSSR count). The van der Waals surface area contributed by atoms with Crippen molar-refractivity contribution in [2.24, 2.45) is 4.99 Å². The normalized spacial score (nSPS) is 24.6. The van der Waals surface area contributed by atoms with Gasteiger partial charge in [0.05, 0.1) is 12.1 Å². The van der Waals surface area contributed by atoms with Crippen LogP contribution in [0.5, 0.6) is 0 Å². The Kier molecular flexibility index (Phi) is 8.57. The topological polar surface area (TPSA) is 56.7 Å². The third-order valence-corrected chi connectivity index (χ3v) is 3.62. The highest BCUT2D eigenvalue weighted by Gasteiger charge is 2.31. The molecule has 1 atom stereocenters. The van der Waals surface area contributed by atoms with Crippen molar-refractivity contribution < 1.29 is 5.11 Å². The maximum absolute atomic E-state index is 10.2. The number of hydrogen-bond donors (Lipinski definition) is 3. The van der Waals surface area contributed by atoms with E-state index in [1.807, 2.05) is 6.92 Å². The van der Waals surface area contributed by atoms with E-state index >= 15 is 0 Å². The van der Waals surface area contributed by atoms with E-state index in [1.165, 1.54) is 0 Å². The SMILES string of the molecule is CCNC(=NCC1(O)CCSC1)NC(C)C.I. The first-order valence-corrected chi connectivity index (χ1v) is 7.06. The van der Waals surface area contributed by atoms with Gasteiger partial charge in [0.25, 0.3) is 0 Å². The van der Waals surface area contributed by atoms with Crippen molar-refractivity contribution >= 4 is 41.7 Å². The Hall–Kier alpha value is 0.310. The number of hydrogen-bond acceptors (Lipinski definition) is 3. The fourth-order valence-electron chi connectivity index (χ4n) is 1.54. The molecular formula is C11H24IN3OS. The van der Waals surface area contributed by atoms with Gasteiger partial charge >= 0.3 is 0 Å². The molecule has 17 heavy (non-hydrogen) atoms. The van der Waals surface area contributed by atoms with Crippen LogP contribution >= 0.6 is 35.7 Å². The molecule has 0 aromatic heterocycles. The minimum atomic E-state index is -0.593. The lowest BCUT2D eigenvalue weighted by Gasteiger charge is -2.20. The number of nitrogens with zero attached hydrogens (tertiary/aromatic N) is 1. The molecule has 3 N–H and O–H groups in total. The second kappa shape index (κ2) is 8.42. The van der Waals surface area contributed by atoms with Crippen LogP contribution in [-0.4, -0.2) is 47.3 Å². The second-order valence-electron chi connectivity index (χ2n) is 4.52. The van der Waals surface area contributed by atoms with Gasteiger partial charge in [0.2, 0.25) is 0 Å². The summed E-state index contributed by atoms with van der Waals surface area (Å²) >= 11 is 1.80. The Labute approximate surface area is 125 Å². The Balaban J connectivity index is 0.00000256. The van der Waals surface area contributed by atoms with Crippen molar-refractivity contribution in [1.29, 1.82) is 0 Å². The van der Waals surface area contributed by atoms with Crippen LogP contribution in [0.1, 0.15) is 27.2 Å². The lowest BCUT2D eigenvalue weighted by Crippen LogP contribution is -2.42. The number of rotatable bonds is 4. The molecule has 4 nitrogen and oxygen atoms in total. The molecule has 0 radical (unpaired) electrons. The molecule has 102 valence electrons. The first-order valence-electron chi connectivity index (χ1n) is 5.91. The summed E-state index contributed by atoms with van der Waals surface area (Å²) in [5.41, 5.74) is -0.593. The van der Waals surface area contributed by atoms with Gasteiger partial charge in [-0.2, -0.15) is 11.8 Å². The van der Waals surface area contributed by atoms with Crippen LogP contribution in [0.25, 0.3) is 0 Å². The van der Waals surface area contributed by atoms with Crippen LogP contribution in [0, 0.1) is 0 Å². The largest absolute Gasteiger partial charge is 0.387 e. The first kappa shape index (κ1) is 17.3. The number of aliphatic imine (C=N–C) groups is 1. The summed E-state index contributed by atoms with van der Waals surface area (Å²) in [4.78, 5) is 4.44. The van der Waals surface area contributed by atoms with Gasteiger partial charge in [-0.15, -0.1) is 24.0 Å². The molecule has 0 bridgehead atoms. The number of aliphatic hydroxyl groups is 1. The predicted molar refractivity (Wildman–Crippen MR) is 86.6 cm³/mol. The molecule has 0 aromatic carbocycles. The van der Waals surface area contributed by atoms with Crippen LogP contribution in [0.4, 0.5) is 0 Å². The summed E-state index contributed by atoms with van der Waals surface area (Å²) in [6, 6.07) is 0.352. The van der Waals surface area contributed by atoms with E-state index in [9.17, 15) is 5.11 Å². The summed E-state index contributed by atoms with van der Waals surface area (Å²) in [5, 5.41) is 16.6. The van der Waals surface area contributed by atoms with Crippen LogP contribution in [0.3, 0.4) is 0 Å². The van der Waals surface area contributed by atoms with Gasteiger partial charge in [-0.3, -0.25) is 4.99 Å². The highest BCUT2D eigenvalue weighted by Crippen LogP contribution is 2.27. The molecule has 1 unspecified atom stereocenters. The second-order valence-corrected chi connectivity index (χ2v) is 5.63. The monoisotopic (exact) mass is 373 g/mol. The average Bonchev–Trinajstić information content (AvgIpc) is 2.62. The van der Waals surface area contributed by atoms with Crippen LogP contribution in [0.2, 0.25) is 0 Å². The van der Waals surface area contributed by atoms with Gasteiger partial charge in [-0.1, -0.05) is 0 Å². The summed E-state index contributed by atoms with van der Waals surface area (Å²) in [7, 11) is 0. The standard InChI is InChI=1S/C11H23N3OS.HI/c1-4-12-10(14-9(2)3)13-7-11(15)5-6-16-8-11;/h9,15H,4-8H2,1-3H3,(H2,12,13,14);1H. The molecule has 1 aliphatic heterocycles. The van der Waals surface area contributed by atoms with Crippen molar-refractivity contribution in [3.8, 4) is 0 Å². The minimum Gasteiger partial charge on any atom is -0.387 e. The van der Waals surface area contributed by atoms with Gasteiger partial charge in [-0.25, -0.2) is 0 Å². The van der Waals surface area contributed by atoms with E-state index in [1.54, 1.807) is 11.8 Å². The maximum atomic E-state index is 10.2. The first-order chi connectivity index (χ1) is 7.56. The van der Waals surface area contributed by atoms with Crippen molar-refractivity contribution in [3.05, 3.63) is 0 Å². The lowest BCUT2D eigenvalue weighted by atomic mass is 10.1. The van der Waals surface area contributed by atoms with E-state index in [0.29, 0.717) is 12.6 Å². The molecule has 6 heteroatoms. The van der Waals surface area contributed by atoms with Gasteiger partial charge in [-0.05, 0) is 32.9 Å². The molecule has 1 saturated heterocycles. The molecule has 1 fully saturated rings. The van der Waals surface area contributed by atoms with Gasteiger partial charge in [0.1, 0.15) is 0 Å². The number of guanidine groups is 1. The molecule has 0 amide bonds. The zero-order valence-corrected chi connectivity index (χ0v) is 14.0. The van der Waals surface area contributed by atoms with Crippen LogP contribution in [-0.2, 0) is 0 Å². The summed E-state index contributed by atoms with van der Waals surface area (Å²) in [6.45, 7) is 7.52. The highest BCUT2D eigenvalue weighted by molar-refractivity contribution is 14.0. The third-order valence-electron chi connectivity index (χ3n) is 2.38. The van der Waals surface area contributed by atoms with Crippen molar-refractivity contribution in [3.63, 3.8) is 0 Å². The van der Waals surface area contributed by atoms with E-state index in [-0.39, 0.29) is 24.0 Å². The summed E-state index contributed by atoms with van der Waals surface area (Å²) < 4.78 is 0. The molecule has 1 heterocycles. The van der Waals surface area contributed by atoms with Gasteiger partial charge in [0.15, 0.2) is 5.96 Å². The Morgan fingerprint density at radius 3 is 2.71 bits per heavy atom. The third kappa shape index (κ3) is 6.71. The number of nitrogens with one attached hydrogen (secondary N) is 2. The van der Waals surface area contributed by atoms with Crippen molar-refractivity contribution in [1.82, 2.24) is 10.6 Å². The highest BCUT2D eigenvalue weighted by atomic mass is 127. The zero-order valence-electron chi connectivity index (χ0n) is 10.8. The van der Waals surface area contributed by atoms with Crippen LogP contribution < -0.4 is 10.6 Å². The number of halogens is 1. The molecule has 0 saturated carbocycles. The fourth-order valence-corrected chi connectivity index (χ4v) is 2.83. The van der Waals surface area contributed by atoms with Crippen molar-refractivity contribution in [2.45, 2.75) is 38.8 Å². The smallest absolute Gasteiger partial charge is 0.191 e. The Morgan fingerprint density at radius 2 is 2.24 bits per heavy atom. The molecular weight excluding hydrogens is 349 g/mol. The van der Waals surface area contributed by atoms with Crippen molar-refractivity contribution in [2.75, 3.05) is 24.6 Å². The van der Waals surface area contributed by atoms with Gasteiger partial charge in [0, 0.05) is 18.3 Å². The minimum absolute atomic E-state index is 0. The summed E-state index contributed by atoms with van der Waals surface area (Å²) in [6.07, 6.45) is 0.849. The Bertz CT molecular complexity index is 243. The molecule has 0 aromatic rings. The van der Waals surface area contributed by atoms with E-state index in [2.05, 4.69) is 29.5 Å². The lowest BCUT2D eigenvalue weighted by molar-refractivity contribution is 0.0778. The molecule has 0 spiro atoms. The zero-order chi connectivity index (χ0) is 12.0. The molecule has 1 aliphatic rings. The quantitative estimate of drug-likeness (QED) is 0.397. The van der Waals surface area contributed by atoms with Gasteiger partial charge < -0.3 is 15.7 Å². The van der Waals surface area contributed by atoms with E-state index in [4.69, 9.17) is 0 Å². The Morgan fingerprint density at radius 1 is 1.53 bits per heavy atom. The summed E-state index contributed by atoms with van der Waals surface area (Å²) in [5.74, 6) is 2.64. The van der Waals surface area contributed by atoms with E-state index in [0.717, 1.165) is 30.4 Å². The molecule has 0 aliphatic carbocycles. The van der Waals surface area contributed by atoms with Crippen LogP contribution in [0.15, 0.2) is 4.99 Å². The fraction of sp³-hybridized carbons (Fsp3) is 0.909. The predicted octanol–water partition coefficient (Wildman–Crippen LogP) is 1.44.